The Hall–Kier alpha value is -2.11. The van der Waals surface area contributed by atoms with Crippen LogP contribution in [-0.2, 0) is 6.54 Å². The third-order valence-electron chi connectivity index (χ3n) is 5.58. The molecule has 0 aliphatic carbocycles. The van der Waals surface area contributed by atoms with Crippen molar-refractivity contribution in [2.45, 2.75) is 37.6 Å². The highest BCUT2D eigenvalue weighted by molar-refractivity contribution is 5.36. The third-order valence-corrected chi connectivity index (χ3v) is 5.58. The summed E-state index contributed by atoms with van der Waals surface area (Å²) in [6, 6.07) is 13.9. The number of rotatable bonds is 3. The molecule has 4 aliphatic heterocycles. The van der Waals surface area contributed by atoms with E-state index < -0.39 is 0 Å². The number of fused-ring (bicyclic) bond motifs is 4. The zero-order valence-corrected chi connectivity index (χ0v) is 14.2. The number of piperidine rings is 2. The van der Waals surface area contributed by atoms with Gasteiger partial charge in [-0.3, -0.25) is 4.90 Å². The van der Waals surface area contributed by atoms with Crippen molar-refractivity contribution in [1.82, 2.24) is 15.2 Å². The van der Waals surface area contributed by atoms with E-state index in [1.165, 1.54) is 24.9 Å². The summed E-state index contributed by atoms with van der Waals surface area (Å²) in [4.78, 5) is 6.88. The quantitative estimate of drug-likeness (QED) is 0.933. The van der Waals surface area contributed by atoms with Crippen LogP contribution in [0.15, 0.2) is 42.6 Å². The predicted molar refractivity (Wildman–Crippen MR) is 94.8 cm³/mol. The molecule has 3 atom stereocenters. The van der Waals surface area contributed by atoms with E-state index in [0.29, 0.717) is 24.6 Å². The molecule has 2 bridgehead atoms. The summed E-state index contributed by atoms with van der Waals surface area (Å²) in [5.41, 5.74) is 2.51. The smallest absolute Gasteiger partial charge is 0.257 e. The van der Waals surface area contributed by atoms with E-state index in [1.807, 2.05) is 12.1 Å². The van der Waals surface area contributed by atoms with Gasteiger partial charge in [-0.05, 0) is 36.1 Å². The zero-order chi connectivity index (χ0) is 16.6. The molecule has 25 heavy (non-hydrogen) atoms. The topological polar surface area (TPSA) is 46.6 Å². The number of pyridine rings is 1. The monoisotopic (exact) mass is 337 g/mol. The molecule has 2 aromatic rings. The van der Waals surface area contributed by atoms with Crippen molar-refractivity contribution in [3.63, 3.8) is 0 Å². The van der Waals surface area contributed by atoms with Crippen molar-refractivity contribution in [1.29, 1.82) is 0 Å². The average molecular weight is 337 g/mol. The maximum Gasteiger partial charge on any atom is 0.257 e. The molecule has 0 spiro atoms. The summed E-state index contributed by atoms with van der Waals surface area (Å²) in [6.45, 7) is 3.88. The molecule has 3 saturated heterocycles. The molecule has 5 heterocycles. The lowest BCUT2D eigenvalue weighted by Gasteiger charge is -2.46. The largest absolute Gasteiger partial charge is 0.484 e. The molecule has 6 rings (SSSR count). The molecular weight excluding hydrogens is 314 g/mol. The SMILES string of the molecule is c1cnc2c(c1)OC[C@H](c1ccc(CN3C[C@H]4CC[C@@H]3CN4)cc1)O2. The molecule has 0 radical (unpaired) electrons. The zero-order valence-electron chi connectivity index (χ0n) is 14.2. The normalized spacial score (nSPS) is 28.1. The van der Waals surface area contributed by atoms with E-state index in [0.717, 1.165) is 24.4 Å². The van der Waals surface area contributed by atoms with Crippen LogP contribution in [0.1, 0.15) is 30.1 Å². The number of nitrogens with one attached hydrogen (secondary N) is 1. The highest BCUT2D eigenvalue weighted by Gasteiger charge is 2.33. The molecular formula is C20H23N3O2. The predicted octanol–water partition coefficient (Wildman–Crippen LogP) is 2.53. The Bertz CT molecular complexity index is 741. The first kappa shape index (κ1) is 15.2. The highest BCUT2D eigenvalue weighted by atomic mass is 16.6. The van der Waals surface area contributed by atoms with Gasteiger partial charge in [-0.1, -0.05) is 24.3 Å². The van der Waals surface area contributed by atoms with Gasteiger partial charge >= 0.3 is 0 Å². The van der Waals surface area contributed by atoms with E-state index >= 15 is 0 Å². The van der Waals surface area contributed by atoms with Gasteiger partial charge in [-0.25, -0.2) is 4.98 Å². The van der Waals surface area contributed by atoms with Crippen LogP contribution in [0.25, 0.3) is 0 Å². The van der Waals surface area contributed by atoms with E-state index in [-0.39, 0.29) is 6.10 Å². The van der Waals surface area contributed by atoms with Crippen molar-refractivity contribution in [2.24, 2.45) is 0 Å². The lowest BCUT2D eigenvalue weighted by Crippen LogP contribution is -2.60. The van der Waals surface area contributed by atoms with Gasteiger partial charge in [0.1, 0.15) is 6.61 Å². The molecule has 4 aliphatic rings. The van der Waals surface area contributed by atoms with Gasteiger partial charge in [-0.15, -0.1) is 0 Å². The highest BCUT2D eigenvalue weighted by Crippen LogP contribution is 2.34. The maximum absolute atomic E-state index is 5.99. The Balaban J connectivity index is 1.26. The van der Waals surface area contributed by atoms with Crippen LogP contribution in [0.4, 0.5) is 0 Å². The Morgan fingerprint density at radius 3 is 2.84 bits per heavy atom. The van der Waals surface area contributed by atoms with Gasteiger partial charge in [0.15, 0.2) is 11.9 Å². The molecule has 0 saturated carbocycles. The van der Waals surface area contributed by atoms with Crippen LogP contribution in [0.3, 0.4) is 0 Å². The second kappa shape index (κ2) is 6.32. The Labute approximate surface area is 148 Å². The minimum Gasteiger partial charge on any atom is -0.484 e. The van der Waals surface area contributed by atoms with Gasteiger partial charge in [0, 0.05) is 37.9 Å². The third kappa shape index (κ3) is 2.98. The lowest BCUT2D eigenvalue weighted by molar-refractivity contribution is 0.0684. The van der Waals surface area contributed by atoms with Gasteiger partial charge in [0.25, 0.3) is 5.88 Å². The summed E-state index contributed by atoms with van der Waals surface area (Å²) < 4.78 is 11.8. The van der Waals surface area contributed by atoms with Crippen LogP contribution in [-0.4, -0.2) is 41.7 Å². The fraction of sp³-hybridized carbons (Fsp3) is 0.450. The number of nitrogens with zero attached hydrogens (tertiary/aromatic N) is 2. The number of piperazine rings is 1. The minimum absolute atomic E-state index is 0.0911. The number of ether oxygens (including phenoxy) is 2. The molecule has 0 amide bonds. The first-order chi connectivity index (χ1) is 12.3. The second-order valence-corrected chi connectivity index (χ2v) is 7.23. The fourth-order valence-corrected chi connectivity index (χ4v) is 4.14. The lowest BCUT2D eigenvalue weighted by atomic mass is 9.92. The van der Waals surface area contributed by atoms with E-state index in [9.17, 15) is 0 Å². The fourth-order valence-electron chi connectivity index (χ4n) is 4.14. The number of hydrogen-bond acceptors (Lipinski definition) is 5. The summed E-state index contributed by atoms with van der Waals surface area (Å²) in [7, 11) is 0. The molecule has 3 fully saturated rings. The summed E-state index contributed by atoms with van der Waals surface area (Å²) in [6.07, 6.45) is 4.30. The Morgan fingerprint density at radius 1 is 1.16 bits per heavy atom. The summed E-state index contributed by atoms with van der Waals surface area (Å²) in [5, 5.41) is 3.62. The van der Waals surface area contributed by atoms with Crippen LogP contribution < -0.4 is 14.8 Å². The van der Waals surface area contributed by atoms with Gasteiger partial charge in [0.05, 0.1) is 0 Å². The van der Waals surface area contributed by atoms with Crippen LogP contribution >= 0.6 is 0 Å². The number of benzene rings is 1. The van der Waals surface area contributed by atoms with Crippen molar-refractivity contribution in [3.05, 3.63) is 53.7 Å². The van der Waals surface area contributed by atoms with Gasteiger partial charge in [-0.2, -0.15) is 0 Å². The van der Waals surface area contributed by atoms with Crippen molar-refractivity contribution < 1.29 is 9.47 Å². The van der Waals surface area contributed by atoms with Gasteiger partial charge in [0.2, 0.25) is 0 Å². The van der Waals surface area contributed by atoms with Crippen molar-refractivity contribution in [2.75, 3.05) is 19.7 Å². The molecule has 1 aromatic carbocycles. The van der Waals surface area contributed by atoms with Crippen LogP contribution in [0.2, 0.25) is 0 Å². The van der Waals surface area contributed by atoms with Crippen LogP contribution in [0.5, 0.6) is 11.6 Å². The average Bonchev–Trinajstić information content (AvgIpc) is 2.69. The first-order valence-electron chi connectivity index (χ1n) is 9.16. The standard InChI is InChI=1S/C20H23N3O2/c1-2-18-20(21-9-1)25-19(13-24-18)15-5-3-14(4-6-15)11-23-12-16-7-8-17(23)10-22-16/h1-6,9,16-17,19,22H,7-8,10-13H2/t16-,17-,19-/m1/s1. The van der Waals surface area contributed by atoms with Gasteiger partial charge < -0.3 is 14.8 Å². The number of aromatic nitrogens is 1. The minimum atomic E-state index is -0.0911. The van der Waals surface area contributed by atoms with E-state index in [1.54, 1.807) is 6.20 Å². The van der Waals surface area contributed by atoms with E-state index in [4.69, 9.17) is 9.47 Å². The molecule has 0 unspecified atom stereocenters. The Morgan fingerprint density at radius 2 is 2.08 bits per heavy atom. The Kier molecular flexibility index (Phi) is 3.83. The summed E-state index contributed by atoms with van der Waals surface area (Å²) in [5.74, 6) is 1.31. The van der Waals surface area contributed by atoms with Crippen LogP contribution in [0, 0.1) is 0 Å². The first-order valence-corrected chi connectivity index (χ1v) is 9.16. The van der Waals surface area contributed by atoms with Crippen molar-refractivity contribution in [3.8, 4) is 11.6 Å². The molecule has 5 nitrogen and oxygen atoms in total. The maximum atomic E-state index is 5.99. The summed E-state index contributed by atoms with van der Waals surface area (Å²) >= 11 is 0. The molecule has 5 heteroatoms. The van der Waals surface area contributed by atoms with Crippen molar-refractivity contribution >= 4 is 0 Å². The second-order valence-electron chi connectivity index (χ2n) is 7.23. The molecule has 1 aromatic heterocycles. The molecule has 130 valence electrons. The van der Waals surface area contributed by atoms with E-state index in [2.05, 4.69) is 39.5 Å². The molecule has 1 N–H and O–H groups in total. The number of hydrogen-bond donors (Lipinski definition) is 1.